The number of rotatable bonds is 3. The van der Waals surface area contributed by atoms with Crippen LogP contribution >= 0.6 is 11.6 Å². The van der Waals surface area contributed by atoms with Gasteiger partial charge in [-0.25, -0.2) is 17.6 Å². The van der Waals surface area contributed by atoms with Crippen LogP contribution in [0.2, 0.25) is 5.02 Å². The van der Waals surface area contributed by atoms with E-state index in [0.29, 0.717) is 0 Å². The van der Waals surface area contributed by atoms with Gasteiger partial charge in [0.2, 0.25) is 6.43 Å². The van der Waals surface area contributed by atoms with Gasteiger partial charge in [-0.15, -0.1) is 0 Å². The lowest BCUT2D eigenvalue weighted by molar-refractivity contribution is 0.113. The van der Waals surface area contributed by atoms with Crippen molar-refractivity contribution >= 4 is 11.6 Å². The van der Waals surface area contributed by atoms with Crippen LogP contribution in [0.3, 0.4) is 0 Å². The second-order valence-electron chi connectivity index (χ2n) is 2.93. The standard InChI is InChI=1S/C9H8ClF4N/c10-5-1-2-6(11)7(8(5)12)4(3-15)9(13)14/h1-2,4,9H,3,15H2. The molecular formula is C9H8ClF4N. The quantitative estimate of drug-likeness (QED) is 0.639. The highest BCUT2D eigenvalue weighted by atomic mass is 35.5. The summed E-state index contributed by atoms with van der Waals surface area (Å²) in [6.07, 6.45) is -2.93. The molecule has 1 nitrogen and oxygen atoms in total. The van der Waals surface area contributed by atoms with Gasteiger partial charge in [0.1, 0.15) is 11.6 Å². The summed E-state index contributed by atoms with van der Waals surface area (Å²) >= 11 is 5.36. The molecule has 15 heavy (non-hydrogen) atoms. The van der Waals surface area contributed by atoms with Crippen molar-refractivity contribution in [1.82, 2.24) is 0 Å². The number of benzene rings is 1. The Labute approximate surface area is 88.8 Å². The number of hydrogen-bond donors (Lipinski definition) is 1. The predicted molar refractivity (Wildman–Crippen MR) is 49.2 cm³/mol. The van der Waals surface area contributed by atoms with Gasteiger partial charge in [0.25, 0.3) is 0 Å². The van der Waals surface area contributed by atoms with Crippen LogP contribution in [0.4, 0.5) is 17.6 Å². The molecule has 84 valence electrons. The van der Waals surface area contributed by atoms with Crippen molar-refractivity contribution in [3.05, 3.63) is 34.4 Å². The Kier molecular flexibility index (Phi) is 3.93. The average Bonchev–Trinajstić information content (AvgIpc) is 2.18. The topological polar surface area (TPSA) is 26.0 Å². The summed E-state index contributed by atoms with van der Waals surface area (Å²) in [5, 5.41) is -0.398. The molecule has 1 rings (SSSR count). The van der Waals surface area contributed by atoms with Crippen molar-refractivity contribution < 1.29 is 17.6 Å². The Hall–Kier alpha value is -0.810. The first-order valence-electron chi connectivity index (χ1n) is 4.10. The molecule has 0 saturated heterocycles. The Morgan fingerprint density at radius 2 is 1.87 bits per heavy atom. The molecule has 0 aromatic heterocycles. The second-order valence-corrected chi connectivity index (χ2v) is 3.34. The average molecular weight is 242 g/mol. The van der Waals surface area contributed by atoms with Crippen molar-refractivity contribution in [1.29, 1.82) is 0 Å². The van der Waals surface area contributed by atoms with E-state index in [4.69, 9.17) is 17.3 Å². The van der Waals surface area contributed by atoms with Crippen LogP contribution in [0.15, 0.2) is 12.1 Å². The fourth-order valence-corrected chi connectivity index (χ4v) is 1.39. The number of halogens is 5. The van der Waals surface area contributed by atoms with E-state index < -0.39 is 41.1 Å². The molecule has 0 saturated carbocycles. The zero-order valence-corrected chi connectivity index (χ0v) is 8.24. The first kappa shape index (κ1) is 12.3. The summed E-state index contributed by atoms with van der Waals surface area (Å²) in [6.45, 7) is -0.550. The van der Waals surface area contributed by atoms with E-state index in [1.54, 1.807) is 0 Å². The molecule has 0 aliphatic rings. The fraction of sp³-hybridized carbons (Fsp3) is 0.333. The maximum absolute atomic E-state index is 13.3. The third-order valence-corrected chi connectivity index (χ3v) is 2.30. The molecule has 1 aromatic carbocycles. The van der Waals surface area contributed by atoms with Crippen molar-refractivity contribution in [3.8, 4) is 0 Å². The van der Waals surface area contributed by atoms with Gasteiger partial charge in [0, 0.05) is 12.1 Å². The predicted octanol–water partition coefficient (Wildman–Crippen LogP) is 2.93. The minimum atomic E-state index is -2.93. The molecule has 1 atom stereocenters. The van der Waals surface area contributed by atoms with E-state index in [9.17, 15) is 17.6 Å². The summed E-state index contributed by atoms with van der Waals surface area (Å²) in [6, 6.07) is 1.81. The third-order valence-electron chi connectivity index (χ3n) is 2.01. The smallest absolute Gasteiger partial charge is 0.246 e. The van der Waals surface area contributed by atoms with Gasteiger partial charge in [-0.1, -0.05) is 11.6 Å². The van der Waals surface area contributed by atoms with Crippen molar-refractivity contribution in [2.45, 2.75) is 12.3 Å². The van der Waals surface area contributed by atoms with Gasteiger partial charge in [0.15, 0.2) is 0 Å². The summed E-state index contributed by atoms with van der Waals surface area (Å²) < 4.78 is 51.3. The van der Waals surface area contributed by atoms with Crippen molar-refractivity contribution in [3.63, 3.8) is 0 Å². The first-order valence-corrected chi connectivity index (χ1v) is 4.48. The van der Waals surface area contributed by atoms with Crippen LogP contribution in [0.1, 0.15) is 11.5 Å². The largest absolute Gasteiger partial charge is 0.330 e. The van der Waals surface area contributed by atoms with Crippen LogP contribution in [0, 0.1) is 11.6 Å². The van der Waals surface area contributed by atoms with Gasteiger partial charge >= 0.3 is 0 Å². The molecule has 1 unspecified atom stereocenters. The lowest BCUT2D eigenvalue weighted by Crippen LogP contribution is -2.22. The van der Waals surface area contributed by atoms with Crippen LogP contribution in [-0.2, 0) is 0 Å². The zero-order valence-electron chi connectivity index (χ0n) is 7.48. The third kappa shape index (κ3) is 2.41. The van der Waals surface area contributed by atoms with E-state index >= 15 is 0 Å². The number of alkyl halides is 2. The molecule has 0 heterocycles. The molecule has 0 aliphatic heterocycles. The molecule has 0 spiro atoms. The molecule has 0 radical (unpaired) electrons. The Morgan fingerprint density at radius 1 is 1.27 bits per heavy atom. The summed E-state index contributed by atoms with van der Waals surface area (Å²) in [5.74, 6) is -3.91. The normalized spacial score (nSPS) is 13.3. The second kappa shape index (κ2) is 4.81. The van der Waals surface area contributed by atoms with E-state index in [1.165, 1.54) is 0 Å². The summed E-state index contributed by atoms with van der Waals surface area (Å²) in [4.78, 5) is 0. The summed E-state index contributed by atoms with van der Waals surface area (Å²) in [5.41, 5.74) is 4.29. The van der Waals surface area contributed by atoms with Crippen LogP contribution in [0.5, 0.6) is 0 Å². The van der Waals surface area contributed by atoms with E-state index in [-0.39, 0.29) is 0 Å². The Bertz CT molecular complexity index is 356. The highest BCUT2D eigenvalue weighted by molar-refractivity contribution is 6.30. The molecule has 2 N–H and O–H groups in total. The maximum Gasteiger partial charge on any atom is 0.246 e. The number of nitrogens with two attached hydrogens (primary N) is 1. The van der Waals surface area contributed by atoms with Crippen LogP contribution < -0.4 is 5.73 Å². The minimum absolute atomic E-state index is 0.398. The van der Waals surface area contributed by atoms with Gasteiger partial charge < -0.3 is 5.73 Å². The minimum Gasteiger partial charge on any atom is -0.330 e. The van der Waals surface area contributed by atoms with Gasteiger partial charge in [-0.05, 0) is 12.1 Å². The first-order chi connectivity index (χ1) is 6.99. The van der Waals surface area contributed by atoms with Gasteiger partial charge in [0.05, 0.1) is 10.9 Å². The van der Waals surface area contributed by atoms with Gasteiger partial charge in [-0.2, -0.15) is 0 Å². The van der Waals surface area contributed by atoms with Crippen LogP contribution in [0.25, 0.3) is 0 Å². The van der Waals surface area contributed by atoms with Crippen molar-refractivity contribution in [2.24, 2.45) is 5.73 Å². The highest BCUT2D eigenvalue weighted by Crippen LogP contribution is 2.30. The maximum atomic E-state index is 13.3. The molecule has 6 heteroatoms. The Balaban J connectivity index is 3.27. The van der Waals surface area contributed by atoms with E-state index in [2.05, 4.69) is 0 Å². The lowest BCUT2D eigenvalue weighted by atomic mass is 9.98. The number of hydrogen-bond acceptors (Lipinski definition) is 1. The molecule has 0 aliphatic carbocycles. The molecule has 1 aromatic rings. The molecule has 0 amide bonds. The molecule has 0 fully saturated rings. The molecular weight excluding hydrogens is 234 g/mol. The van der Waals surface area contributed by atoms with Crippen molar-refractivity contribution in [2.75, 3.05) is 6.54 Å². The van der Waals surface area contributed by atoms with Crippen LogP contribution in [-0.4, -0.2) is 13.0 Å². The zero-order chi connectivity index (χ0) is 11.6. The monoisotopic (exact) mass is 241 g/mol. The SMILES string of the molecule is NCC(c1c(F)ccc(Cl)c1F)C(F)F. The van der Waals surface area contributed by atoms with E-state index in [1.807, 2.05) is 0 Å². The summed E-state index contributed by atoms with van der Waals surface area (Å²) in [7, 11) is 0. The fourth-order valence-electron chi connectivity index (χ4n) is 1.23. The lowest BCUT2D eigenvalue weighted by Gasteiger charge is -2.16. The van der Waals surface area contributed by atoms with E-state index in [0.717, 1.165) is 12.1 Å². The molecule has 0 bridgehead atoms. The van der Waals surface area contributed by atoms with Gasteiger partial charge in [-0.3, -0.25) is 0 Å². The highest BCUT2D eigenvalue weighted by Gasteiger charge is 2.28. The Morgan fingerprint density at radius 3 is 2.33 bits per heavy atom.